The van der Waals surface area contributed by atoms with E-state index in [4.69, 9.17) is 5.11 Å². The van der Waals surface area contributed by atoms with E-state index >= 15 is 0 Å². The van der Waals surface area contributed by atoms with Gasteiger partial charge in [-0.3, -0.25) is 14.5 Å². The Kier molecular flexibility index (Phi) is 4.45. The first-order valence-corrected chi connectivity index (χ1v) is 7.57. The zero-order valence-electron chi connectivity index (χ0n) is 11.8. The van der Waals surface area contributed by atoms with Gasteiger partial charge in [0.2, 0.25) is 5.91 Å². The summed E-state index contributed by atoms with van der Waals surface area (Å²) >= 11 is 1.61. The van der Waals surface area contributed by atoms with Gasteiger partial charge in [0.05, 0.1) is 18.0 Å². The number of hydrogen-bond donors (Lipinski definition) is 2. The molecule has 6 heteroatoms. The van der Waals surface area contributed by atoms with Crippen molar-refractivity contribution in [3.8, 4) is 0 Å². The van der Waals surface area contributed by atoms with Crippen LogP contribution in [0.25, 0.3) is 0 Å². The van der Waals surface area contributed by atoms with Crippen molar-refractivity contribution in [2.75, 3.05) is 19.6 Å². The van der Waals surface area contributed by atoms with Crippen molar-refractivity contribution in [3.05, 3.63) is 22.4 Å². The van der Waals surface area contributed by atoms with Crippen LogP contribution in [0.5, 0.6) is 0 Å². The number of hydrogen-bond acceptors (Lipinski definition) is 4. The molecule has 2 N–H and O–H groups in total. The molecule has 2 unspecified atom stereocenters. The second kappa shape index (κ2) is 5.93. The number of rotatable bonds is 5. The molecule has 1 aromatic rings. The van der Waals surface area contributed by atoms with Crippen LogP contribution in [0.3, 0.4) is 0 Å². The van der Waals surface area contributed by atoms with E-state index in [-0.39, 0.29) is 18.5 Å². The van der Waals surface area contributed by atoms with Crippen molar-refractivity contribution in [2.24, 2.45) is 5.41 Å². The Labute approximate surface area is 122 Å². The number of thiophene rings is 1. The van der Waals surface area contributed by atoms with E-state index in [1.165, 1.54) is 0 Å². The Hall–Kier alpha value is -1.40. The normalized spacial score (nSPS) is 24.5. The van der Waals surface area contributed by atoms with E-state index in [2.05, 4.69) is 5.32 Å². The van der Waals surface area contributed by atoms with Crippen LogP contribution < -0.4 is 5.32 Å². The summed E-state index contributed by atoms with van der Waals surface area (Å²) in [4.78, 5) is 26.2. The first kappa shape index (κ1) is 15.0. The lowest BCUT2D eigenvalue weighted by Gasteiger charge is -2.20. The molecule has 0 saturated carbocycles. The summed E-state index contributed by atoms with van der Waals surface area (Å²) in [5.41, 5.74) is -0.723. The van der Waals surface area contributed by atoms with Crippen molar-refractivity contribution in [2.45, 2.75) is 26.3 Å². The van der Waals surface area contributed by atoms with Crippen LogP contribution in [0.4, 0.5) is 0 Å². The molecule has 0 aliphatic carbocycles. The van der Waals surface area contributed by atoms with E-state index in [0.717, 1.165) is 4.88 Å². The molecule has 1 amide bonds. The zero-order valence-corrected chi connectivity index (χ0v) is 12.6. The molecule has 1 aliphatic heterocycles. The number of aliphatic carboxylic acids is 1. The number of carboxylic acid groups (broad SMARTS) is 1. The molecule has 110 valence electrons. The quantitative estimate of drug-likeness (QED) is 0.868. The highest BCUT2D eigenvalue weighted by Gasteiger charge is 2.40. The molecule has 2 heterocycles. The maximum absolute atomic E-state index is 12.0. The average molecular weight is 296 g/mol. The van der Waals surface area contributed by atoms with Gasteiger partial charge in [0, 0.05) is 11.4 Å². The summed E-state index contributed by atoms with van der Waals surface area (Å²) in [6.45, 7) is 5.04. The Morgan fingerprint density at radius 2 is 2.35 bits per heavy atom. The van der Waals surface area contributed by atoms with E-state index in [0.29, 0.717) is 19.5 Å². The Balaban J connectivity index is 1.83. The Morgan fingerprint density at radius 1 is 1.60 bits per heavy atom. The molecule has 1 aromatic heterocycles. The van der Waals surface area contributed by atoms with E-state index < -0.39 is 11.4 Å². The van der Waals surface area contributed by atoms with Crippen LogP contribution in [0.1, 0.15) is 31.2 Å². The van der Waals surface area contributed by atoms with E-state index in [1.807, 2.05) is 29.3 Å². The molecular formula is C14H20N2O3S. The monoisotopic (exact) mass is 296 g/mol. The molecule has 0 aromatic carbocycles. The molecule has 1 fully saturated rings. The third-order valence-corrected chi connectivity index (χ3v) is 4.84. The molecule has 2 atom stereocenters. The predicted octanol–water partition coefficient (Wildman–Crippen LogP) is 1.72. The molecule has 2 rings (SSSR count). The first-order chi connectivity index (χ1) is 9.40. The molecule has 0 radical (unpaired) electrons. The number of likely N-dealkylation sites (tertiary alicyclic amines) is 1. The highest BCUT2D eigenvalue weighted by Crippen LogP contribution is 2.29. The van der Waals surface area contributed by atoms with Crippen molar-refractivity contribution >= 4 is 23.2 Å². The van der Waals surface area contributed by atoms with E-state index in [9.17, 15) is 9.59 Å². The lowest BCUT2D eigenvalue weighted by atomic mass is 9.90. The number of carbonyl (C=O) groups excluding carboxylic acids is 1. The highest BCUT2D eigenvalue weighted by atomic mass is 32.1. The Morgan fingerprint density at radius 3 is 2.90 bits per heavy atom. The van der Waals surface area contributed by atoms with Crippen molar-refractivity contribution in [3.63, 3.8) is 0 Å². The van der Waals surface area contributed by atoms with Gasteiger partial charge >= 0.3 is 5.97 Å². The number of carboxylic acids is 1. The fourth-order valence-electron chi connectivity index (χ4n) is 2.47. The van der Waals surface area contributed by atoms with Gasteiger partial charge in [0.15, 0.2) is 0 Å². The molecular weight excluding hydrogens is 276 g/mol. The maximum atomic E-state index is 12.0. The van der Waals surface area contributed by atoms with Gasteiger partial charge in [-0.05, 0) is 38.3 Å². The van der Waals surface area contributed by atoms with Crippen molar-refractivity contribution in [1.29, 1.82) is 0 Å². The van der Waals surface area contributed by atoms with Crippen molar-refractivity contribution in [1.82, 2.24) is 10.2 Å². The molecule has 1 aliphatic rings. The Bertz CT molecular complexity index is 489. The smallest absolute Gasteiger partial charge is 0.310 e. The van der Waals surface area contributed by atoms with Gasteiger partial charge in [0.1, 0.15) is 0 Å². The summed E-state index contributed by atoms with van der Waals surface area (Å²) in [5.74, 6) is -0.840. The largest absolute Gasteiger partial charge is 0.481 e. The van der Waals surface area contributed by atoms with Gasteiger partial charge in [-0.1, -0.05) is 6.07 Å². The van der Waals surface area contributed by atoms with Crippen molar-refractivity contribution < 1.29 is 14.7 Å². The van der Waals surface area contributed by atoms with Crippen LogP contribution in [-0.2, 0) is 9.59 Å². The predicted molar refractivity (Wildman–Crippen MR) is 77.7 cm³/mol. The minimum Gasteiger partial charge on any atom is -0.481 e. The summed E-state index contributed by atoms with van der Waals surface area (Å²) < 4.78 is 0. The second-order valence-electron chi connectivity index (χ2n) is 5.63. The van der Waals surface area contributed by atoms with Crippen LogP contribution in [0.2, 0.25) is 0 Å². The van der Waals surface area contributed by atoms with Gasteiger partial charge in [-0.25, -0.2) is 0 Å². The summed E-state index contributed by atoms with van der Waals surface area (Å²) in [6, 6.07) is 3.95. The minimum atomic E-state index is -0.785. The molecule has 0 bridgehead atoms. The summed E-state index contributed by atoms with van der Waals surface area (Å²) in [5, 5.41) is 14.1. The SMILES string of the molecule is CC(NC(=O)CN1CCC(C)(C(=O)O)C1)c1cccs1. The fourth-order valence-corrected chi connectivity index (χ4v) is 3.20. The zero-order chi connectivity index (χ0) is 14.8. The highest BCUT2D eigenvalue weighted by molar-refractivity contribution is 7.10. The van der Waals surface area contributed by atoms with Gasteiger partial charge < -0.3 is 10.4 Å². The third-order valence-electron chi connectivity index (χ3n) is 3.78. The number of nitrogens with one attached hydrogen (secondary N) is 1. The van der Waals surface area contributed by atoms with Crippen LogP contribution in [0.15, 0.2) is 17.5 Å². The fraction of sp³-hybridized carbons (Fsp3) is 0.571. The minimum absolute atomic E-state index is 0.00374. The number of carbonyl (C=O) groups is 2. The van der Waals surface area contributed by atoms with Gasteiger partial charge in [-0.15, -0.1) is 11.3 Å². The number of amides is 1. The third kappa shape index (κ3) is 3.37. The maximum Gasteiger partial charge on any atom is 0.310 e. The lowest BCUT2D eigenvalue weighted by Crippen LogP contribution is -2.39. The van der Waals surface area contributed by atoms with E-state index in [1.54, 1.807) is 18.3 Å². The summed E-state index contributed by atoms with van der Waals surface area (Å²) in [7, 11) is 0. The first-order valence-electron chi connectivity index (χ1n) is 6.69. The van der Waals surface area contributed by atoms with Crippen LogP contribution in [-0.4, -0.2) is 41.5 Å². The number of nitrogens with zero attached hydrogens (tertiary/aromatic N) is 1. The summed E-state index contributed by atoms with van der Waals surface area (Å²) in [6.07, 6.45) is 0.593. The molecule has 1 saturated heterocycles. The van der Waals surface area contributed by atoms with Gasteiger partial charge in [-0.2, -0.15) is 0 Å². The standard InChI is InChI=1S/C14H20N2O3S/c1-10(11-4-3-7-20-11)15-12(17)8-16-6-5-14(2,9-16)13(18)19/h3-4,7,10H,5-6,8-9H2,1-2H3,(H,15,17)(H,18,19). The molecule has 0 spiro atoms. The topological polar surface area (TPSA) is 69.6 Å². The van der Waals surface area contributed by atoms with Crippen LogP contribution >= 0.6 is 11.3 Å². The second-order valence-corrected chi connectivity index (χ2v) is 6.61. The van der Waals surface area contributed by atoms with Gasteiger partial charge in [0.25, 0.3) is 0 Å². The molecule has 5 nitrogen and oxygen atoms in total. The van der Waals surface area contributed by atoms with Crippen LogP contribution in [0, 0.1) is 5.41 Å². The molecule has 20 heavy (non-hydrogen) atoms. The lowest BCUT2D eigenvalue weighted by molar-refractivity contribution is -0.147. The average Bonchev–Trinajstić information content (AvgIpc) is 2.99.